The molecule has 150 valence electrons. The monoisotopic (exact) mass is 387 g/mol. The van der Waals surface area contributed by atoms with E-state index in [0.717, 1.165) is 5.56 Å². The number of hydrogen-bond acceptors (Lipinski definition) is 6. The first-order valence-electron chi connectivity index (χ1n) is 8.75. The van der Waals surface area contributed by atoms with Crippen molar-refractivity contribution in [1.29, 1.82) is 0 Å². The fraction of sp³-hybridized carbons (Fsp3) is 0.368. The lowest BCUT2D eigenvalue weighted by molar-refractivity contribution is -0.161. The van der Waals surface area contributed by atoms with Crippen LogP contribution in [0.3, 0.4) is 0 Å². The normalized spacial score (nSPS) is 12.2. The van der Waals surface area contributed by atoms with E-state index >= 15 is 0 Å². The summed E-state index contributed by atoms with van der Waals surface area (Å²) >= 11 is 0. The summed E-state index contributed by atoms with van der Waals surface area (Å²) in [6, 6.07) is 7.21. The molecule has 0 saturated heterocycles. The molecule has 1 aromatic heterocycles. The predicted molar refractivity (Wildman–Crippen MR) is 102 cm³/mol. The molecule has 0 aliphatic heterocycles. The number of hydrogen-bond donors (Lipinski definition) is 3. The number of aromatic nitrogens is 2. The Morgan fingerprint density at radius 1 is 1.29 bits per heavy atom. The highest BCUT2D eigenvalue weighted by Gasteiger charge is 2.27. The molecular weight excluding hydrogens is 362 g/mol. The van der Waals surface area contributed by atoms with Crippen LogP contribution in [0.2, 0.25) is 0 Å². The van der Waals surface area contributed by atoms with E-state index in [-0.39, 0.29) is 12.2 Å². The zero-order valence-electron chi connectivity index (χ0n) is 16.4. The van der Waals surface area contributed by atoms with Crippen molar-refractivity contribution in [2.24, 2.45) is 11.8 Å². The summed E-state index contributed by atoms with van der Waals surface area (Å²) in [7, 11) is 0. The number of esters is 1. The number of amides is 2. The molecule has 0 saturated carbocycles. The zero-order chi connectivity index (χ0) is 20.9. The number of nitrogens with one attached hydrogen (secondary N) is 2. The van der Waals surface area contributed by atoms with Crippen molar-refractivity contribution < 1.29 is 19.1 Å². The molecule has 0 aliphatic carbocycles. The van der Waals surface area contributed by atoms with Crippen molar-refractivity contribution in [3.05, 3.63) is 48.0 Å². The van der Waals surface area contributed by atoms with Crippen LogP contribution in [0.25, 0.3) is 5.69 Å². The molecule has 1 heterocycles. The molecule has 4 N–H and O–H groups in total. The lowest BCUT2D eigenvalue weighted by atomic mass is 10.1. The molecule has 0 fully saturated rings. The standard InChI is InChI=1S/C19H25N5O4/c1-12(18(27)28-19(2,3)4)16(25)22-9-13-6-5-7-14(8-13)24-11-21-10-15(24)17(26)23-20/h5-8,10-12H,9,20H2,1-4H3,(H,22,25)(H,23,26)/t12-/m0/s1. The quantitative estimate of drug-likeness (QED) is 0.224. The molecule has 0 unspecified atom stereocenters. The Bertz CT molecular complexity index is 869. The number of carbonyl (C=O) groups is 3. The number of nitrogens with zero attached hydrogens (tertiary/aromatic N) is 2. The Balaban J connectivity index is 2.06. The molecule has 0 spiro atoms. The highest BCUT2D eigenvalue weighted by atomic mass is 16.6. The SMILES string of the molecule is C[C@@H](C(=O)NCc1cccc(-n2cncc2C(=O)NN)c1)C(=O)OC(C)(C)C. The smallest absolute Gasteiger partial charge is 0.318 e. The molecule has 2 rings (SSSR count). The van der Waals surface area contributed by atoms with Crippen molar-refractivity contribution in [2.75, 3.05) is 0 Å². The van der Waals surface area contributed by atoms with Gasteiger partial charge in [0, 0.05) is 12.2 Å². The lowest BCUT2D eigenvalue weighted by Gasteiger charge is -2.22. The summed E-state index contributed by atoms with van der Waals surface area (Å²) in [4.78, 5) is 40.0. The van der Waals surface area contributed by atoms with Crippen molar-refractivity contribution in [3.8, 4) is 5.69 Å². The third kappa shape index (κ3) is 5.40. The van der Waals surface area contributed by atoms with Crippen LogP contribution < -0.4 is 16.6 Å². The third-order valence-electron chi connectivity index (χ3n) is 3.81. The molecular formula is C19H25N5O4. The van der Waals surface area contributed by atoms with Gasteiger partial charge in [0.1, 0.15) is 17.2 Å². The predicted octanol–water partition coefficient (Wildman–Crippen LogP) is 1.07. The highest BCUT2D eigenvalue weighted by molar-refractivity contribution is 5.97. The molecule has 0 aliphatic rings. The summed E-state index contributed by atoms with van der Waals surface area (Å²) in [6.45, 7) is 6.96. The van der Waals surface area contributed by atoms with Crippen molar-refractivity contribution in [2.45, 2.75) is 39.8 Å². The van der Waals surface area contributed by atoms with Crippen LogP contribution in [-0.4, -0.2) is 32.9 Å². The average Bonchev–Trinajstić information content (AvgIpc) is 3.13. The van der Waals surface area contributed by atoms with Gasteiger partial charge in [-0.15, -0.1) is 0 Å². The molecule has 0 bridgehead atoms. The van der Waals surface area contributed by atoms with E-state index in [4.69, 9.17) is 10.6 Å². The Morgan fingerprint density at radius 3 is 2.64 bits per heavy atom. The fourth-order valence-electron chi connectivity index (χ4n) is 2.40. The summed E-state index contributed by atoms with van der Waals surface area (Å²) in [5, 5.41) is 2.72. The number of nitrogens with two attached hydrogens (primary N) is 1. The molecule has 1 aromatic carbocycles. The number of nitrogen functional groups attached to an aromatic ring is 1. The lowest BCUT2D eigenvalue weighted by Crippen LogP contribution is -2.37. The first-order chi connectivity index (χ1) is 13.1. The van der Waals surface area contributed by atoms with Gasteiger partial charge in [0.2, 0.25) is 5.91 Å². The van der Waals surface area contributed by atoms with Crippen LogP contribution in [0.1, 0.15) is 43.7 Å². The van der Waals surface area contributed by atoms with Crippen LogP contribution >= 0.6 is 0 Å². The first kappa shape index (κ1) is 21.1. The summed E-state index contributed by atoms with van der Waals surface area (Å²) in [5.41, 5.74) is 3.17. The maximum Gasteiger partial charge on any atom is 0.318 e. The summed E-state index contributed by atoms with van der Waals surface area (Å²) < 4.78 is 6.81. The Hall–Kier alpha value is -3.20. The van der Waals surface area contributed by atoms with Crippen molar-refractivity contribution in [1.82, 2.24) is 20.3 Å². The minimum atomic E-state index is -0.920. The number of carbonyl (C=O) groups excluding carboxylic acids is 3. The van der Waals surface area contributed by atoms with Crippen molar-refractivity contribution in [3.63, 3.8) is 0 Å². The van der Waals surface area contributed by atoms with Gasteiger partial charge in [-0.2, -0.15) is 0 Å². The minimum absolute atomic E-state index is 0.215. The second-order valence-corrected chi connectivity index (χ2v) is 7.27. The first-order valence-corrected chi connectivity index (χ1v) is 8.75. The van der Waals surface area contributed by atoms with E-state index in [2.05, 4.69) is 15.7 Å². The maximum atomic E-state index is 12.2. The van der Waals surface area contributed by atoms with E-state index in [1.807, 2.05) is 6.07 Å². The number of benzene rings is 1. The zero-order valence-corrected chi connectivity index (χ0v) is 16.4. The van der Waals surface area contributed by atoms with Gasteiger partial charge in [-0.3, -0.25) is 24.4 Å². The van der Waals surface area contributed by atoms with E-state index in [1.54, 1.807) is 43.5 Å². The molecule has 28 heavy (non-hydrogen) atoms. The van der Waals surface area contributed by atoms with Crippen LogP contribution in [0, 0.1) is 5.92 Å². The number of ether oxygens (including phenoxy) is 1. The Labute approximate surface area is 163 Å². The van der Waals surface area contributed by atoms with Gasteiger partial charge >= 0.3 is 5.97 Å². The van der Waals surface area contributed by atoms with Gasteiger partial charge in [-0.05, 0) is 45.4 Å². The Kier molecular flexibility index (Phi) is 6.53. The topological polar surface area (TPSA) is 128 Å². The fourth-order valence-corrected chi connectivity index (χ4v) is 2.40. The molecule has 9 nitrogen and oxygen atoms in total. The molecule has 1 atom stereocenters. The summed E-state index contributed by atoms with van der Waals surface area (Å²) in [6.07, 6.45) is 2.89. The van der Waals surface area contributed by atoms with Gasteiger partial charge in [0.15, 0.2) is 0 Å². The van der Waals surface area contributed by atoms with Crippen LogP contribution in [-0.2, 0) is 20.9 Å². The molecule has 9 heteroatoms. The van der Waals surface area contributed by atoms with Crippen LogP contribution in [0.15, 0.2) is 36.8 Å². The highest BCUT2D eigenvalue weighted by Crippen LogP contribution is 2.14. The van der Waals surface area contributed by atoms with Gasteiger partial charge in [0.25, 0.3) is 5.91 Å². The minimum Gasteiger partial charge on any atom is -0.459 e. The van der Waals surface area contributed by atoms with Crippen LogP contribution in [0.4, 0.5) is 0 Å². The molecule has 0 radical (unpaired) electrons. The van der Waals surface area contributed by atoms with Gasteiger partial charge < -0.3 is 10.1 Å². The average molecular weight is 387 g/mol. The number of hydrazine groups is 1. The van der Waals surface area contributed by atoms with Crippen molar-refractivity contribution >= 4 is 17.8 Å². The number of imidazole rings is 1. The second-order valence-electron chi connectivity index (χ2n) is 7.27. The van der Waals surface area contributed by atoms with E-state index in [9.17, 15) is 14.4 Å². The van der Waals surface area contributed by atoms with E-state index < -0.39 is 29.3 Å². The van der Waals surface area contributed by atoms with Gasteiger partial charge in [-0.25, -0.2) is 10.8 Å². The van der Waals surface area contributed by atoms with E-state index in [1.165, 1.54) is 19.4 Å². The third-order valence-corrected chi connectivity index (χ3v) is 3.81. The molecule has 2 amide bonds. The van der Waals surface area contributed by atoms with Gasteiger partial charge in [0.05, 0.1) is 12.5 Å². The largest absolute Gasteiger partial charge is 0.459 e. The van der Waals surface area contributed by atoms with Crippen LogP contribution in [0.5, 0.6) is 0 Å². The maximum absolute atomic E-state index is 12.2. The number of rotatable bonds is 6. The second kappa shape index (κ2) is 8.66. The van der Waals surface area contributed by atoms with Gasteiger partial charge in [-0.1, -0.05) is 12.1 Å². The summed E-state index contributed by atoms with van der Waals surface area (Å²) in [5.74, 6) is 2.80. The Morgan fingerprint density at radius 2 is 2.00 bits per heavy atom. The van der Waals surface area contributed by atoms with E-state index in [0.29, 0.717) is 5.69 Å². The molecule has 2 aromatic rings.